The molecule has 0 saturated heterocycles. The van der Waals surface area contributed by atoms with Crippen molar-refractivity contribution in [3.8, 4) is 11.8 Å². The molecule has 0 radical (unpaired) electrons. The smallest absolute Gasteiger partial charge is 0.376 e. The maximum Gasteiger partial charge on any atom is 0.416 e. The fourth-order valence-electron chi connectivity index (χ4n) is 4.56. The quantitative estimate of drug-likeness (QED) is 0.221. The van der Waals surface area contributed by atoms with E-state index in [1.54, 1.807) is 57.9 Å². The Morgan fingerprint density at radius 1 is 1.02 bits per heavy atom. The van der Waals surface area contributed by atoms with Crippen molar-refractivity contribution >= 4 is 34.5 Å². The molecule has 5 rings (SSSR count). The summed E-state index contributed by atoms with van der Waals surface area (Å²) >= 11 is 6.15. The van der Waals surface area contributed by atoms with Crippen molar-refractivity contribution < 1.29 is 18.0 Å². The molecule has 0 spiro atoms. The number of hydrogen-bond donors (Lipinski definition) is 1. The number of nitrogens with zero attached hydrogens (tertiary/aromatic N) is 4. The summed E-state index contributed by atoms with van der Waals surface area (Å²) in [7, 11) is 3.72. The van der Waals surface area contributed by atoms with Gasteiger partial charge in [0.1, 0.15) is 11.3 Å². The van der Waals surface area contributed by atoms with E-state index in [2.05, 4.69) is 22.1 Å². The molecule has 3 heterocycles. The van der Waals surface area contributed by atoms with E-state index in [4.69, 9.17) is 11.6 Å². The van der Waals surface area contributed by atoms with Gasteiger partial charge in [0, 0.05) is 56.0 Å². The van der Waals surface area contributed by atoms with Crippen molar-refractivity contribution in [3.63, 3.8) is 0 Å². The second kappa shape index (κ2) is 11.3. The van der Waals surface area contributed by atoms with Crippen LogP contribution < -0.4 is 10.2 Å². The summed E-state index contributed by atoms with van der Waals surface area (Å²) < 4.78 is 45.5. The fourth-order valence-corrected chi connectivity index (χ4v) is 4.72. The van der Waals surface area contributed by atoms with Gasteiger partial charge in [-0.25, -0.2) is 4.98 Å². The van der Waals surface area contributed by atoms with Gasteiger partial charge in [-0.3, -0.25) is 9.20 Å². The third kappa shape index (κ3) is 6.14. The normalized spacial score (nSPS) is 11.3. The number of halogens is 4. The summed E-state index contributed by atoms with van der Waals surface area (Å²) in [4.78, 5) is 19.5. The SMILES string of the molecule is Cc1ccc(C(=O)Nc2ccc(Cn3ccc(N(C)C)c3)c(C(F)(F)F)c2)cc1C#Cc1c(C)nc2ccc(Cl)cn12. The van der Waals surface area contributed by atoms with E-state index >= 15 is 0 Å². The average molecular weight is 590 g/mol. The van der Waals surface area contributed by atoms with Gasteiger partial charge in [-0.05, 0) is 73.4 Å². The Balaban J connectivity index is 1.39. The first kappa shape index (κ1) is 28.8. The molecule has 0 atom stereocenters. The van der Waals surface area contributed by atoms with Crippen LogP contribution in [-0.2, 0) is 12.7 Å². The minimum atomic E-state index is -4.60. The first-order valence-electron chi connectivity index (χ1n) is 13.0. The summed E-state index contributed by atoms with van der Waals surface area (Å²) in [6, 6.07) is 14.2. The van der Waals surface area contributed by atoms with Gasteiger partial charge in [0.15, 0.2) is 0 Å². The number of fused-ring (bicyclic) bond motifs is 1. The van der Waals surface area contributed by atoms with Crippen LogP contribution in [0, 0.1) is 25.7 Å². The van der Waals surface area contributed by atoms with Gasteiger partial charge in [0.05, 0.1) is 22.0 Å². The summed E-state index contributed by atoms with van der Waals surface area (Å²) in [6.07, 6.45) is 0.646. The molecule has 2 aromatic carbocycles. The minimum Gasteiger partial charge on any atom is -0.376 e. The zero-order valence-electron chi connectivity index (χ0n) is 23.3. The third-order valence-corrected chi connectivity index (χ3v) is 7.07. The van der Waals surface area contributed by atoms with Crippen molar-refractivity contribution in [3.05, 3.63) is 117 Å². The van der Waals surface area contributed by atoms with Crippen LogP contribution >= 0.6 is 11.6 Å². The number of anilines is 2. The lowest BCUT2D eigenvalue weighted by Crippen LogP contribution is -2.15. The maximum atomic E-state index is 14.0. The van der Waals surface area contributed by atoms with E-state index in [-0.39, 0.29) is 23.4 Å². The maximum absolute atomic E-state index is 14.0. The van der Waals surface area contributed by atoms with E-state index in [9.17, 15) is 18.0 Å². The number of rotatable bonds is 5. The van der Waals surface area contributed by atoms with Crippen molar-refractivity contribution in [2.75, 3.05) is 24.3 Å². The lowest BCUT2D eigenvalue weighted by Gasteiger charge is -2.16. The molecule has 6 nitrogen and oxygen atoms in total. The van der Waals surface area contributed by atoms with Crippen LogP contribution in [-0.4, -0.2) is 34.0 Å². The molecule has 0 aliphatic heterocycles. The third-order valence-electron chi connectivity index (χ3n) is 6.85. The van der Waals surface area contributed by atoms with Gasteiger partial charge in [-0.15, -0.1) is 0 Å². The first-order chi connectivity index (χ1) is 19.9. The summed E-state index contributed by atoms with van der Waals surface area (Å²) in [5, 5.41) is 3.15. The Morgan fingerprint density at radius 2 is 1.81 bits per heavy atom. The standard InChI is InChI=1S/C32H27ClF3N5O/c1-20-5-6-23(15-22(20)8-11-29-21(2)37-30-12-9-25(33)18-41(29)30)31(42)38-26-10-7-24(28(16-26)32(34,35)36)17-40-14-13-27(19-40)39(3)4/h5-7,9-10,12-16,18-19H,17H2,1-4H3,(H,38,42). The number of aryl methyl sites for hydroxylation is 2. The fraction of sp³-hybridized carbons (Fsp3) is 0.188. The highest BCUT2D eigenvalue weighted by Gasteiger charge is 2.33. The van der Waals surface area contributed by atoms with Gasteiger partial charge in [-0.2, -0.15) is 13.2 Å². The van der Waals surface area contributed by atoms with Crippen LogP contribution in [0.1, 0.15) is 44.0 Å². The van der Waals surface area contributed by atoms with Gasteiger partial charge in [-0.1, -0.05) is 29.7 Å². The molecule has 10 heteroatoms. The topological polar surface area (TPSA) is 54.6 Å². The van der Waals surface area contributed by atoms with E-state index in [1.165, 1.54) is 12.1 Å². The molecule has 0 saturated carbocycles. The second-order valence-corrected chi connectivity index (χ2v) is 10.6. The van der Waals surface area contributed by atoms with Gasteiger partial charge < -0.3 is 14.8 Å². The zero-order valence-corrected chi connectivity index (χ0v) is 24.1. The molecule has 0 fully saturated rings. The lowest BCUT2D eigenvalue weighted by atomic mass is 10.0. The molecule has 1 N–H and O–H groups in total. The zero-order chi connectivity index (χ0) is 30.2. The van der Waals surface area contributed by atoms with Crippen LogP contribution in [0.4, 0.5) is 24.5 Å². The number of pyridine rings is 1. The van der Waals surface area contributed by atoms with Gasteiger partial charge in [0.25, 0.3) is 5.91 Å². The van der Waals surface area contributed by atoms with Crippen LogP contribution in [0.3, 0.4) is 0 Å². The van der Waals surface area contributed by atoms with E-state index in [1.807, 2.05) is 38.9 Å². The number of carbonyl (C=O) groups excluding carboxylic acids is 1. The van der Waals surface area contributed by atoms with Crippen molar-refractivity contribution in [1.29, 1.82) is 0 Å². The molecule has 0 aliphatic rings. The van der Waals surface area contributed by atoms with Crippen molar-refractivity contribution in [2.24, 2.45) is 0 Å². The summed E-state index contributed by atoms with van der Waals surface area (Å²) in [5.41, 5.74) is 4.04. The van der Waals surface area contributed by atoms with Crippen LogP contribution in [0.25, 0.3) is 5.65 Å². The molecule has 0 aliphatic carbocycles. The Morgan fingerprint density at radius 3 is 2.52 bits per heavy atom. The largest absolute Gasteiger partial charge is 0.416 e. The predicted molar refractivity (Wildman–Crippen MR) is 159 cm³/mol. The Bertz CT molecular complexity index is 1870. The molecule has 5 aromatic rings. The van der Waals surface area contributed by atoms with Crippen LogP contribution in [0.5, 0.6) is 0 Å². The Labute approximate surface area is 246 Å². The molecule has 214 valence electrons. The van der Waals surface area contributed by atoms with Gasteiger partial charge in [0.2, 0.25) is 0 Å². The van der Waals surface area contributed by atoms with E-state index in [0.717, 1.165) is 23.0 Å². The number of nitrogens with one attached hydrogen (secondary N) is 1. The molecule has 3 aromatic heterocycles. The summed E-state index contributed by atoms with van der Waals surface area (Å²) in [5.74, 6) is 5.69. The number of amides is 1. The molecule has 1 amide bonds. The number of benzene rings is 2. The highest BCUT2D eigenvalue weighted by atomic mass is 35.5. The summed E-state index contributed by atoms with van der Waals surface area (Å²) in [6.45, 7) is 3.75. The number of alkyl halides is 3. The average Bonchev–Trinajstić information content (AvgIpc) is 3.52. The number of aromatic nitrogens is 3. The molecule has 0 unspecified atom stereocenters. The Hall–Kier alpha value is -4.68. The number of imidazole rings is 1. The molecule has 42 heavy (non-hydrogen) atoms. The molecular weight excluding hydrogens is 563 g/mol. The van der Waals surface area contributed by atoms with E-state index in [0.29, 0.717) is 21.9 Å². The first-order valence-corrected chi connectivity index (χ1v) is 13.4. The molecular formula is C32H27ClF3N5O. The lowest BCUT2D eigenvalue weighted by molar-refractivity contribution is -0.138. The predicted octanol–water partition coefficient (Wildman–Crippen LogP) is 7.19. The molecule has 0 bridgehead atoms. The van der Waals surface area contributed by atoms with Crippen molar-refractivity contribution in [1.82, 2.24) is 14.0 Å². The van der Waals surface area contributed by atoms with E-state index < -0.39 is 17.6 Å². The number of hydrogen-bond acceptors (Lipinski definition) is 3. The second-order valence-electron chi connectivity index (χ2n) is 10.2. The highest BCUT2D eigenvalue weighted by molar-refractivity contribution is 6.30. The van der Waals surface area contributed by atoms with Gasteiger partial charge >= 0.3 is 6.18 Å². The highest BCUT2D eigenvalue weighted by Crippen LogP contribution is 2.34. The minimum absolute atomic E-state index is 0.0368. The van der Waals surface area contributed by atoms with Crippen LogP contribution in [0.2, 0.25) is 5.02 Å². The Kier molecular flexibility index (Phi) is 7.76. The van der Waals surface area contributed by atoms with Crippen molar-refractivity contribution in [2.45, 2.75) is 26.6 Å². The monoisotopic (exact) mass is 589 g/mol. The van der Waals surface area contributed by atoms with Crippen LogP contribution in [0.15, 0.2) is 73.2 Å². The number of carbonyl (C=O) groups is 1.